The molecule has 0 spiro atoms. The van der Waals surface area contributed by atoms with Gasteiger partial charge in [-0.3, -0.25) is 4.90 Å². The molecule has 0 aliphatic heterocycles. The molecule has 0 aliphatic carbocycles. The first-order chi connectivity index (χ1) is 9.17. The molecule has 0 fully saturated rings. The van der Waals surface area contributed by atoms with Crippen LogP contribution in [0.15, 0.2) is 24.3 Å². The smallest absolute Gasteiger partial charge is 0.0638 e. The predicted molar refractivity (Wildman–Crippen MR) is 76.2 cm³/mol. The standard InChI is InChI=1S/C16H20N2O/c1-14(9-10-17)18(2)13-16-8-5-7-15(12-16)6-3-4-11-19/h5,7-8,12,14,19H,4,9,11,13H2,1-2H3. The van der Waals surface area contributed by atoms with Crippen molar-refractivity contribution in [2.24, 2.45) is 0 Å². The Morgan fingerprint density at radius 3 is 2.89 bits per heavy atom. The summed E-state index contributed by atoms with van der Waals surface area (Å²) < 4.78 is 0. The van der Waals surface area contributed by atoms with E-state index in [-0.39, 0.29) is 12.6 Å². The van der Waals surface area contributed by atoms with Crippen LogP contribution in [0.1, 0.15) is 30.9 Å². The summed E-state index contributed by atoms with van der Waals surface area (Å²) >= 11 is 0. The van der Waals surface area contributed by atoms with Crippen LogP contribution < -0.4 is 0 Å². The summed E-state index contributed by atoms with van der Waals surface area (Å²) in [6.07, 6.45) is 1.04. The molecule has 100 valence electrons. The van der Waals surface area contributed by atoms with Crippen molar-refractivity contribution in [2.75, 3.05) is 13.7 Å². The highest BCUT2D eigenvalue weighted by Gasteiger charge is 2.08. The Bertz CT molecular complexity index is 493. The van der Waals surface area contributed by atoms with E-state index in [1.165, 1.54) is 5.56 Å². The first kappa shape index (κ1) is 15.2. The number of nitrogens with zero attached hydrogens (tertiary/aromatic N) is 2. The third-order valence-corrected chi connectivity index (χ3v) is 2.97. The SMILES string of the molecule is CC(CC#N)N(C)Cc1cccc(C#CCCO)c1. The molecular weight excluding hydrogens is 236 g/mol. The Kier molecular flexibility index (Phi) is 6.68. The number of benzene rings is 1. The van der Waals surface area contributed by atoms with E-state index in [4.69, 9.17) is 10.4 Å². The summed E-state index contributed by atoms with van der Waals surface area (Å²) in [7, 11) is 2.02. The molecule has 0 saturated carbocycles. The van der Waals surface area contributed by atoms with Gasteiger partial charge in [0, 0.05) is 24.6 Å². The molecule has 0 saturated heterocycles. The second-order valence-electron chi connectivity index (χ2n) is 4.60. The van der Waals surface area contributed by atoms with E-state index in [1.54, 1.807) is 0 Å². The van der Waals surface area contributed by atoms with E-state index >= 15 is 0 Å². The molecule has 0 aliphatic rings. The summed E-state index contributed by atoms with van der Waals surface area (Å²) in [4.78, 5) is 2.16. The lowest BCUT2D eigenvalue weighted by Gasteiger charge is -2.22. The van der Waals surface area contributed by atoms with Crippen molar-refractivity contribution >= 4 is 0 Å². The van der Waals surface area contributed by atoms with Gasteiger partial charge in [0.1, 0.15) is 0 Å². The van der Waals surface area contributed by atoms with Crippen LogP contribution in [0.4, 0.5) is 0 Å². The van der Waals surface area contributed by atoms with Gasteiger partial charge in [-0.15, -0.1) is 0 Å². The maximum atomic E-state index is 8.70. The predicted octanol–water partition coefficient (Wildman–Crippen LogP) is 2.15. The van der Waals surface area contributed by atoms with Crippen molar-refractivity contribution < 1.29 is 5.11 Å². The van der Waals surface area contributed by atoms with Crippen LogP contribution >= 0.6 is 0 Å². The highest BCUT2D eigenvalue weighted by Crippen LogP contribution is 2.10. The van der Waals surface area contributed by atoms with Gasteiger partial charge < -0.3 is 5.11 Å². The fourth-order valence-corrected chi connectivity index (χ4v) is 1.70. The number of aliphatic hydroxyl groups excluding tert-OH is 1. The van der Waals surface area contributed by atoms with Crippen LogP contribution in [0.3, 0.4) is 0 Å². The zero-order valence-electron chi connectivity index (χ0n) is 11.6. The molecule has 1 N–H and O–H groups in total. The van der Waals surface area contributed by atoms with Crippen molar-refractivity contribution in [1.82, 2.24) is 4.90 Å². The van der Waals surface area contributed by atoms with Gasteiger partial charge in [0.15, 0.2) is 0 Å². The van der Waals surface area contributed by atoms with Gasteiger partial charge in [-0.25, -0.2) is 0 Å². The van der Waals surface area contributed by atoms with E-state index < -0.39 is 0 Å². The van der Waals surface area contributed by atoms with Crippen LogP contribution in [0.2, 0.25) is 0 Å². The molecular formula is C16H20N2O. The van der Waals surface area contributed by atoms with Gasteiger partial charge in [-0.1, -0.05) is 24.0 Å². The highest BCUT2D eigenvalue weighted by atomic mass is 16.2. The molecule has 1 unspecified atom stereocenters. The zero-order valence-corrected chi connectivity index (χ0v) is 11.6. The quantitative estimate of drug-likeness (QED) is 0.821. The van der Waals surface area contributed by atoms with Gasteiger partial charge in [-0.2, -0.15) is 5.26 Å². The fraction of sp³-hybridized carbons (Fsp3) is 0.438. The second-order valence-corrected chi connectivity index (χ2v) is 4.60. The molecule has 0 bridgehead atoms. The molecule has 19 heavy (non-hydrogen) atoms. The van der Waals surface area contributed by atoms with Crippen molar-refractivity contribution in [3.63, 3.8) is 0 Å². The number of hydrogen-bond acceptors (Lipinski definition) is 3. The van der Waals surface area contributed by atoms with Crippen molar-refractivity contribution in [1.29, 1.82) is 5.26 Å². The Balaban J connectivity index is 2.67. The average Bonchev–Trinajstić information content (AvgIpc) is 2.40. The van der Waals surface area contributed by atoms with E-state index in [2.05, 4.69) is 34.9 Å². The van der Waals surface area contributed by atoms with Gasteiger partial charge in [-0.05, 0) is 31.7 Å². The molecule has 1 aromatic rings. The normalized spacial score (nSPS) is 11.5. The summed E-state index contributed by atoms with van der Waals surface area (Å²) in [5.41, 5.74) is 2.15. The number of aliphatic hydroxyl groups is 1. The molecule has 0 radical (unpaired) electrons. The van der Waals surface area contributed by atoms with Gasteiger partial charge in [0.25, 0.3) is 0 Å². The molecule has 1 rings (SSSR count). The van der Waals surface area contributed by atoms with E-state index in [1.807, 2.05) is 26.1 Å². The third kappa shape index (κ3) is 5.57. The molecule has 3 nitrogen and oxygen atoms in total. The summed E-state index contributed by atoms with van der Waals surface area (Å²) in [5.74, 6) is 5.95. The lowest BCUT2D eigenvalue weighted by Crippen LogP contribution is -2.28. The van der Waals surface area contributed by atoms with Crippen LogP contribution in [-0.4, -0.2) is 29.7 Å². The maximum Gasteiger partial charge on any atom is 0.0638 e. The number of hydrogen-bond donors (Lipinski definition) is 1. The van der Waals surface area contributed by atoms with Crippen molar-refractivity contribution in [2.45, 2.75) is 32.4 Å². The minimum Gasteiger partial charge on any atom is -0.395 e. The van der Waals surface area contributed by atoms with Crippen LogP contribution in [0.5, 0.6) is 0 Å². The molecule has 1 atom stereocenters. The topological polar surface area (TPSA) is 47.3 Å². The van der Waals surface area contributed by atoms with Gasteiger partial charge >= 0.3 is 0 Å². The molecule has 0 heterocycles. The van der Waals surface area contributed by atoms with Crippen LogP contribution in [0.25, 0.3) is 0 Å². The average molecular weight is 256 g/mol. The number of nitriles is 1. The summed E-state index contributed by atoms with van der Waals surface area (Å²) in [5, 5.41) is 17.4. The second kappa shape index (κ2) is 8.32. The molecule has 1 aromatic carbocycles. The monoisotopic (exact) mass is 256 g/mol. The van der Waals surface area contributed by atoms with Crippen molar-refractivity contribution in [3.8, 4) is 17.9 Å². The van der Waals surface area contributed by atoms with E-state index in [9.17, 15) is 0 Å². The Morgan fingerprint density at radius 2 is 2.21 bits per heavy atom. The molecule has 0 amide bonds. The molecule has 0 aromatic heterocycles. The summed E-state index contributed by atoms with van der Waals surface area (Å²) in [6, 6.07) is 10.5. The van der Waals surface area contributed by atoms with E-state index in [0.29, 0.717) is 12.8 Å². The van der Waals surface area contributed by atoms with Crippen LogP contribution in [-0.2, 0) is 6.54 Å². The highest BCUT2D eigenvalue weighted by molar-refractivity contribution is 5.37. The Labute approximate surface area is 115 Å². The Morgan fingerprint density at radius 1 is 1.42 bits per heavy atom. The minimum atomic E-state index is 0.0983. The van der Waals surface area contributed by atoms with Crippen LogP contribution in [0, 0.1) is 23.2 Å². The zero-order chi connectivity index (χ0) is 14.1. The van der Waals surface area contributed by atoms with E-state index in [0.717, 1.165) is 12.1 Å². The first-order valence-corrected chi connectivity index (χ1v) is 6.43. The fourth-order valence-electron chi connectivity index (χ4n) is 1.70. The lowest BCUT2D eigenvalue weighted by molar-refractivity contribution is 0.252. The van der Waals surface area contributed by atoms with Gasteiger partial charge in [0.2, 0.25) is 0 Å². The maximum absolute atomic E-state index is 8.70. The molecule has 3 heteroatoms. The third-order valence-electron chi connectivity index (χ3n) is 2.97. The largest absolute Gasteiger partial charge is 0.395 e. The van der Waals surface area contributed by atoms with Crippen molar-refractivity contribution in [3.05, 3.63) is 35.4 Å². The Hall–Kier alpha value is -1.81. The minimum absolute atomic E-state index is 0.0983. The number of rotatable bonds is 5. The lowest BCUT2D eigenvalue weighted by atomic mass is 10.1. The summed E-state index contributed by atoms with van der Waals surface area (Å²) in [6.45, 7) is 2.95. The van der Waals surface area contributed by atoms with Gasteiger partial charge in [0.05, 0.1) is 19.1 Å². The first-order valence-electron chi connectivity index (χ1n) is 6.43.